The van der Waals surface area contributed by atoms with E-state index in [0.717, 1.165) is 6.26 Å². The van der Waals surface area contributed by atoms with E-state index in [1.165, 1.54) is 6.07 Å². The summed E-state index contributed by atoms with van der Waals surface area (Å²) in [5.41, 5.74) is 2.99. The van der Waals surface area contributed by atoms with Gasteiger partial charge < -0.3 is 5.32 Å². The Balaban J connectivity index is 2.56. The van der Waals surface area contributed by atoms with Crippen LogP contribution in [0, 0.1) is 6.92 Å². The number of nitrogens with zero attached hydrogens (tertiary/aromatic N) is 2. The average molecular weight is 288 g/mol. The smallest absolute Gasteiger partial charge is 0.270 e. The molecule has 0 atom stereocenters. The van der Waals surface area contributed by atoms with Gasteiger partial charge >= 0.3 is 0 Å². The third-order valence-corrected chi connectivity index (χ3v) is 2.72. The standard InChI is InChI=1S/C9H16N6O3S/c1-6-5-7(14-9(13-6)15-10)8(16)11-3-4-12-19(2,17)18/h5,12H,3-4,10H2,1-2H3,(H,11,16)(H,13,14,15). The van der Waals surface area contributed by atoms with Crippen molar-refractivity contribution in [3.8, 4) is 0 Å². The summed E-state index contributed by atoms with van der Waals surface area (Å²) in [4.78, 5) is 19.6. The molecule has 9 nitrogen and oxygen atoms in total. The maximum absolute atomic E-state index is 11.7. The number of carbonyl (C=O) groups is 1. The number of sulfonamides is 1. The zero-order valence-corrected chi connectivity index (χ0v) is 11.4. The van der Waals surface area contributed by atoms with Crippen LogP contribution in [-0.4, -0.2) is 43.6 Å². The van der Waals surface area contributed by atoms with Crippen molar-refractivity contribution in [3.63, 3.8) is 0 Å². The molecule has 0 aromatic carbocycles. The number of nitrogens with one attached hydrogen (secondary N) is 3. The van der Waals surface area contributed by atoms with E-state index in [2.05, 4.69) is 25.4 Å². The van der Waals surface area contributed by atoms with Crippen LogP contribution in [0.4, 0.5) is 5.95 Å². The van der Waals surface area contributed by atoms with E-state index in [1.807, 2.05) is 0 Å². The van der Waals surface area contributed by atoms with Crippen molar-refractivity contribution in [2.45, 2.75) is 6.92 Å². The minimum Gasteiger partial charge on any atom is -0.349 e. The van der Waals surface area contributed by atoms with Crippen LogP contribution in [0.1, 0.15) is 16.2 Å². The van der Waals surface area contributed by atoms with Gasteiger partial charge in [-0.15, -0.1) is 0 Å². The Kier molecular flexibility index (Phi) is 5.15. The molecule has 0 spiro atoms. The van der Waals surface area contributed by atoms with E-state index >= 15 is 0 Å². The molecule has 0 aliphatic heterocycles. The zero-order valence-electron chi connectivity index (χ0n) is 10.6. The molecule has 1 aromatic heterocycles. The molecule has 0 saturated heterocycles. The lowest BCUT2D eigenvalue weighted by Gasteiger charge is -2.07. The molecule has 0 unspecified atom stereocenters. The molecule has 1 rings (SSSR count). The van der Waals surface area contributed by atoms with Crippen molar-refractivity contribution in [2.24, 2.45) is 5.84 Å². The van der Waals surface area contributed by atoms with E-state index in [1.54, 1.807) is 6.92 Å². The SMILES string of the molecule is Cc1cc(C(=O)NCCNS(C)(=O)=O)nc(NN)n1. The number of rotatable bonds is 6. The molecule has 0 aliphatic carbocycles. The molecular weight excluding hydrogens is 272 g/mol. The maximum Gasteiger partial charge on any atom is 0.270 e. The molecule has 5 N–H and O–H groups in total. The van der Waals surface area contributed by atoms with Crippen LogP contribution in [-0.2, 0) is 10.0 Å². The number of carbonyl (C=O) groups excluding carboxylic acids is 1. The Morgan fingerprint density at radius 3 is 2.63 bits per heavy atom. The molecule has 10 heteroatoms. The van der Waals surface area contributed by atoms with E-state index in [4.69, 9.17) is 5.84 Å². The Bertz CT molecular complexity index is 559. The third-order valence-electron chi connectivity index (χ3n) is 1.99. The quantitative estimate of drug-likeness (QED) is 0.279. The van der Waals surface area contributed by atoms with Gasteiger partial charge in [0.25, 0.3) is 5.91 Å². The topological polar surface area (TPSA) is 139 Å². The van der Waals surface area contributed by atoms with Crippen molar-refractivity contribution in [1.82, 2.24) is 20.0 Å². The summed E-state index contributed by atoms with van der Waals surface area (Å²) in [5.74, 6) is 4.88. The first-order valence-electron chi connectivity index (χ1n) is 5.37. The lowest BCUT2D eigenvalue weighted by molar-refractivity contribution is 0.0949. The number of hydrazine groups is 1. The highest BCUT2D eigenvalue weighted by molar-refractivity contribution is 7.88. The first-order valence-corrected chi connectivity index (χ1v) is 7.26. The summed E-state index contributed by atoms with van der Waals surface area (Å²) < 4.78 is 23.9. The molecule has 0 saturated carbocycles. The van der Waals surface area contributed by atoms with Gasteiger partial charge in [-0.05, 0) is 13.0 Å². The van der Waals surface area contributed by atoms with Crippen molar-refractivity contribution in [2.75, 3.05) is 24.8 Å². The van der Waals surface area contributed by atoms with Gasteiger partial charge in [-0.25, -0.2) is 29.0 Å². The maximum atomic E-state index is 11.7. The van der Waals surface area contributed by atoms with Crippen LogP contribution in [0.5, 0.6) is 0 Å². The first-order chi connectivity index (χ1) is 8.81. The minimum atomic E-state index is -3.26. The predicted molar refractivity (Wildman–Crippen MR) is 69.8 cm³/mol. The lowest BCUT2D eigenvalue weighted by atomic mass is 10.3. The van der Waals surface area contributed by atoms with E-state index in [9.17, 15) is 13.2 Å². The number of hydrogen-bond donors (Lipinski definition) is 4. The summed E-state index contributed by atoms with van der Waals surface area (Å²) in [5, 5.41) is 2.53. The van der Waals surface area contributed by atoms with Gasteiger partial charge in [-0.2, -0.15) is 0 Å². The van der Waals surface area contributed by atoms with Gasteiger partial charge in [0.2, 0.25) is 16.0 Å². The van der Waals surface area contributed by atoms with Gasteiger partial charge in [0.15, 0.2) is 0 Å². The van der Waals surface area contributed by atoms with Crippen LogP contribution in [0.25, 0.3) is 0 Å². The summed E-state index contributed by atoms with van der Waals surface area (Å²) in [6, 6.07) is 1.50. The number of anilines is 1. The van der Waals surface area contributed by atoms with Crippen LogP contribution >= 0.6 is 0 Å². The molecule has 0 bridgehead atoms. The predicted octanol–water partition coefficient (Wildman–Crippen LogP) is -1.65. The number of aryl methyl sites for hydroxylation is 1. The van der Waals surface area contributed by atoms with Gasteiger partial charge in [-0.3, -0.25) is 10.2 Å². The second kappa shape index (κ2) is 6.41. The molecule has 0 fully saturated rings. The minimum absolute atomic E-state index is 0.108. The molecule has 106 valence electrons. The van der Waals surface area contributed by atoms with Gasteiger partial charge in [0, 0.05) is 18.8 Å². The van der Waals surface area contributed by atoms with Crippen molar-refractivity contribution in [1.29, 1.82) is 0 Å². The Hall–Kier alpha value is -1.78. The highest BCUT2D eigenvalue weighted by atomic mass is 32.2. The highest BCUT2D eigenvalue weighted by Crippen LogP contribution is 2.03. The third kappa shape index (κ3) is 5.59. The normalized spacial score (nSPS) is 11.1. The zero-order chi connectivity index (χ0) is 14.5. The summed E-state index contributed by atoms with van der Waals surface area (Å²) in [6.45, 7) is 1.96. The number of amides is 1. The van der Waals surface area contributed by atoms with Crippen LogP contribution in [0.2, 0.25) is 0 Å². The molecule has 1 heterocycles. The van der Waals surface area contributed by atoms with E-state index in [-0.39, 0.29) is 24.7 Å². The van der Waals surface area contributed by atoms with Crippen molar-refractivity contribution >= 4 is 21.9 Å². The number of nitrogen functional groups attached to an aromatic ring is 1. The van der Waals surface area contributed by atoms with Crippen molar-refractivity contribution in [3.05, 3.63) is 17.5 Å². The highest BCUT2D eigenvalue weighted by Gasteiger charge is 2.10. The number of hydrogen-bond acceptors (Lipinski definition) is 7. The second-order valence-corrected chi connectivity index (χ2v) is 5.62. The van der Waals surface area contributed by atoms with Gasteiger partial charge in [-0.1, -0.05) is 0 Å². The summed E-state index contributed by atoms with van der Waals surface area (Å²) >= 11 is 0. The summed E-state index contributed by atoms with van der Waals surface area (Å²) in [7, 11) is -3.26. The number of nitrogens with two attached hydrogens (primary N) is 1. The average Bonchev–Trinajstić information content (AvgIpc) is 2.32. The van der Waals surface area contributed by atoms with Crippen molar-refractivity contribution < 1.29 is 13.2 Å². The van der Waals surface area contributed by atoms with Gasteiger partial charge in [0.1, 0.15) is 5.69 Å². The van der Waals surface area contributed by atoms with Gasteiger partial charge in [0.05, 0.1) is 6.26 Å². The Morgan fingerprint density at radius 2 is 2.05 bits per heavy atom. The molecule has 0 radical (unpaired) electrons. The van der Waals surface area contributed by atoms with E-state index in [0.29, 0.717) is 5.69 Å². The number of aromatic nitrogens is 2. The second-order valence-electron chi connectivity index (χ2n) is 3.78. The lowest BCUT2D eigenvalue weighted by Crippen LogP contribution is -2.34. The fraction of sp³-hybridized carbons (Fsp3) is 0.444. The largest absolute Gasteiger partial charge is 0.349 e. The molecule has 19 heavy (non-hydrogen) atoms. The molecule has 1 aromatic rings. The fourth-order valence-corrected chi connectivity index (χ4v) is 1.73. The van der Waals surface area contributed by atoms with E-state index < -0.39 is 15.9 Å². The fourth-order valence-electron chi connectivity index (χ4n) is 1.25. The van der Waals surface area contributed by atoms with Crippen LogP contribution in [0.3, 0.4) is 0 Å². The first kappa shape index (κ1) is 15.3. The van der Waals surface area contributed by atoms with Crippen LogP contribution < -0.4 is 21.3 Å². The molecular formula is C9H16N6O3S. The molecule has 0 aliphatic rings. The Morgan fingerprint density at radius 1 is 1.37 bits per heavy atom. The summed E-state index contributed by atoms with van der Waals surface area (Å²) in [6.07, 6.45) is 1.04. The van der Waals surface area contributed by atoms with Crippen LogP contribution in [0.15, 0.2) is 6.07 Å². The molecule has 1 amide bonds. The Labute approximate surface area is 111 Å². The monoisotopic (exact) mass is 288 g/mol.